The molecule has 6 heteroatoms. The molecule has 1 aromatic carbocycles. The fourth-order valence-corrected chi connectivity index (χ4v) is 3.02. The number of hydrogen-bond donors (Lipinski definition) is 3. The Kier molecular flexibility index (Phi) is 5.60. The van der Waals surface area contributed by atoms with Crippen molar-refractivity contribution in [3.05, 3.63) is 54.0 Å². The molecule has 1 aliphatic rings. The number of benzene rings is 1. The van der Waals surface area contributed by atoms with E-state index in [2.05, 4.69) is 16.7 Å². The van der Waals surface area contributed by atoms with Gasteiger partial charge in [-0.2, -0.15) is 0 Å². The summed E-state index contributed by atoms with van der Waals surface area (Å²) in [5, 5.41) is 15.8. The number of furan rings is 1. The predicted octanol–water partition coefficient (Wildman–Crippen LogP) is 2.64. The van der Waals surface area contributed by atoms with Crippen molar-refractivity contribution in [2.24, 2.45) is 5.92 Å². The van der Waals surface area contributed by atoms with E-state index in [0.717, 1.165) is 12.2 Å². The van der Waals surface area contributed by atoms with Crippen molar-refractivity contribution in [3.63, 3.8) is 0 Å². The Balaban J connectivity index is 1.39. The third-order valence-electron chi connectivity index (χ3n) is 4.33. The summed E-state index contributed by atoms with van der Waals surface area (Å²) in [4.78, 5) is 12.0. The Morgan fingerprint density at radius 3 is 2.96 bits per heavy atom. The predicted molar refractivity (Wildman–Crippen MR) is 93.4 cm³/mol. The van der Waals surface area contributed by atoms with E-state index >= 15 is 0 Å². The van der Waals surface area contributed by atoms with Crippen molar-refractivity contribution in [2.75, 3.05) is 13.2 Å². The van der Waals surface area contributed by atoms with Gasteiger partial charge in [0.15, 0.2) is 0 Å². The lowest BCUT2D eigenvalue weighted by molar-refractivity contribution is 0.129. The summed E-state index contributed by atoms with van der Waals surface area (Å²) in [6.07, 6.45) is 2.08. The third-order valence-corrected chi connectivity index (χ3v) is 4.33. The van der Waals surface area contributed by atoms with E-state index in [1.54, 1.807) is 12.1 Å². The number of fused-ring (bicyclic) bond motifs is 1. The van der Waals surface area contributed by atoms with Gasteiger partial charge in [0, 0.05) is 24.9 Å². The molecule has 0 saturated heterocycles. The highest BCUT2D eigenvalue weighted by Crippen LogP contribution is 2.26. The highest BCUT2D eigenvalue weighted by molar-refractivity contribution is 5.74. The maximum absolute atomic E-state index is 12.0. The van der Waals surface area contributed by atoms with E-state index in [-0.39, 0.29) is 18.0 Å². The molecule has 0 fully saturated rings. The van der Waals surface area contributed by atoms with Crippen LogP contribution < -0.4 is 15.4 Å². The molecule has 3 N–H and O–H groups in total. The van der Waals surface area contributed by atoms with E-state index in [1.165, 1.54) is 11.8 Å². The third kappa shape index (κ3) is 4.76. The van der Waals surface area contributed by atoms with Crippen LogP contribution in [0, 0.1) is 5.92 Å². The number of amides is 2. The summed E-state index contributed by atoms with van der Waals surface area (Å²) in [7, 11) is 0. The number of carbonyl (C=O) groups excluding carboxylic acids is 1. The molecule has 2 amide bonds. The average molecular weight is 344 g/mol. The summed E-state index contributed by atoms with van der Waals surface area (Å²) in [6, 6.07) is 11.0. The summed E-state index contributed by atoms with van der Waals surface area (Å²) >= 11 is 0. The van der Waals surface area contributed by atoms with Crippen LogP contribution in [0.4, 0.5) is 4.79 Å². The number of rotatable bonds is 6. The minimum Gasteiger partial charge on any atom is -0.493 e. The largest absolute Gasteiger partial charge is 0.493 e. The van der Waals surface area contributed by atoms with Crippen molar-refractivity contribution in [2.45, 2.75) is 31.9 Å². The molecule has 1 aromatic heterocycles. The lowest BCUT2D eigenvalue weighted by Gasteiger charge is -2.25. The molecule has 0 unspecified atom stereocenters. The summed E-state index contributed by atoms with van der Waals surface area (Å²) in [5.41, 5.74) is 1.18. The normalized spacial score (nSPS) is 18.6. The maximum atomic E-state index is 12.0. The number of nitrogens with one attached hydrogen (secondary N) is 2. The second kappa shape index (κ2) is 8.07. The first-order valence-corrected chi connectivity index (χ1v) is 8.58. The van der Waals surface area contributed by atoms with E-state index < -0.39 is 6.10 Å². The standard InChI is InChI=1S/C19H24N2O4/c1-13(9-16(22)18-7-4-8-24-18)21-19(23)20-11-14-10-15-5-2-3-6-17(15)25-12-14/h2-8,13-14,16,22H,9-12H2,1H3,(H2,20,21,23)/t13-,14+,16+/m1/s1. The van der Waals surface area contributed by atoms with Gasteiger partial charge in [0.05, 0.1) is 12.9 Å². The van der Waals surface area contributed by atoms with Gasteiger partial charge in [-0.25, -0.2) is 4.79 Å². The number of urea groups is 1. The molecule has 2 aromatic rings. The number of para-hydroxylation sites is 1. The van der Waals surface area contributed by atoms with Gasteiger partial charge in [-0.15, -0.1) is 0 Å². The Morgan fingerprint density at radius 2 is 2.16 bits per heavy atom. The number of aliphatic hydroxyl groups excluding tert-OH is 1. The molecule has 3 atom stereocenters. The lowest BCUT2D eigenvalue weighted by Crippen LogP contribution is -2.44. The van der Waals surface area contributed by atoms with Gasteiger partial charge in [-0.05, 0) is 37.1 Å². The molecule has 0 bridgehead atoms. The number of carbonyl (C=O) groups is 1. The molecule has 2 heterocycles. The Hall–Kier alpha value is -2.47. The van der Waals surface area contributed by atoms with Crippen LogP contribution in [-0.2, 0) is 6.42 Å². The van der Waals surface area contributed by atoms with Crippen LogP contribution in [-0.4, -0.2) is 30.3 Å². The summed E-state index contributed by atoms with van der Waals surface area (Å²) in [6.45, 7) is 3.00. The van der Waals surface area contributed by atoms with Gasteiger partial charge in [-0.1, -0.05) is 18.2 Å². The van der Waals surface area contributed by atoms with Crippen LogP contribution >= 0.6 is 0 Å². The molecular formula is C19H24N2O4. The number of ether oxygens (including phenoxy) is 1. The van der Waals surface area contributed by atoms with Crippen molar-refractivity contribution in [1.29, 1.82) is 0 Å². The first kappa shape index (κ1) is 17.4. The fourth-order valence-electron chi connectivity index (χ4n) is 3.02. The molecule has 25 heavy (non-hydrogen) atoms. The highest BCUT2D eigenvalue weighted by atomic mass is 16.5. The SMILES string of the molecule is C[C@H](C[C@H](O)c1ccco1)NC(=O)NC[C@H]1COc2ccccc2C1. The zero-order valence-electron chi connectivity index (χ0n) is 14.3. The quantitative estimate of drug-likeness (QED) is 0.752. The van der Waals surface area contributed by atoms with Crippen molar-refractivity contribution < 1.29 is 19.1 Å². The summed E-state index contributed by atoms with van der Waals surface area (Å²) < 4.78 is 10.9. The van der Waals surface area contributed by atoms with Crippen molar-refractivity contribution in [3.8, 4) is 5.75 Å². The van der Waals surface area contributed by atoms with Crippen molar-refractivity contribution >= 4 is 6.03 Å². The number of aliphatic hydroxyl groups is 1. The van der Waals surface area contributed by atoms with E-state index in [1.807, 2.05) is 25.1 Å². The Bertz CT molecular complexity index is 686. The zero-order chi connectivity index (χ0) is 17.6. The minimum absolute atomic E-state index is 0.177. The molecule has 0 aliphatic carbocycles. The fraction of sp³-hybridized carbons (Fsp3) is 0.421. The first-order chi connectivity index (χ1) is 12.1. The van der Waals surface area contributed by atoms with Gasteiger partial charge >= 0.3 is 6.03 Å². The average Bonchev–Trinajstić information content (AvgIpc) is 3.14. The lowest BCUT2D eigenvalue weighted by atomic mass is 9.97. The molecule has 0 saturated carbocycles. The van der Waals surface area contributed by atoms with E-state index in [4.69, 9.17) is 9.15 Å². The molecule has 6 nitrogen and oxygen atoms in total. The van der Waals surface area contributed by atoms with Crippen LogP contribution in [0.25, 0.3) is 0 Å². The Labute approximate surface area is 147 Å². The molecule has 134 valence electrons. The van der Waals surface area contributed by atoms with Gasteiger partial charge in [0.2, 0.25) is 0 Å². The molecular weight excluding hydrogens is 320 g/mol. The summed E-state index contributed by atoms with van der Waals surface area (Å²) in [5.74, 6) is 1.69. The maximum Gasteiger partial charge on any atom is 0.315 e. The van der Waals surface area contributed by atoms with E-state index in [9.17, 15) is 9.90 Å². The molecule has 0 radical (unpaired) electrons. The van der Waals surface area contributed by atoms with Crippen molar-refractivity contribution in [1.82, 2.24) is 10.6 Å². The first-order valence-electron chi connectivity index (χ1n) is 8.58. The van der Waals surface area contributed by atoms with Crippen LogP contribution in [0.1, 0.15) is 30.8 Å². The van der Waals surface area contributed by atoms with Crippen LogP contribution in [0.15, 0.2) is 47.1 Å². The Morgan fingerprint density at radius 1 is 1.32 bits per heavy atom. The highest BCUT2D eigenvalue weighted by Gasteiger charge is 2.21. The van der Waals surface area contributed by atoms with E-state index in [0.29, 0.717) is 25.3 Å². The molecule has 3 rings (SSSR count). The number of hydrogen-bond acceptors (Lipinski definition) is 4. The molecule has 0 spiro atoms. The molecule has 1 aliphatic heterocycles. The topological polar surface area (TPSA) is 83.7 Å². The monoisotopic (exact) mass is 344 g/mol. The second-order valence-corrected chi connectivity index (χ2v) is 6.51. The smallest absolute Gasteiger partial charge is 0.315 e. The van der Waals surface area contributed by atoms with Gasteiger partial charge in [0.25, 0.3) is 0 Å². The van der Waals surface area contributed by atoms with Gasteiger partial charge in [-0.3, -0.25) is 0 Å². The second-order valence-electron chi connectivity index (χ2n) is 6.51. The van der Waals surface area contributed by atoms with Gasteiger partial charge in [0.1, 0.15) is 17.6 Å². The zero-order valence-corrected chi connectivity index (χ0v) is 14.3. The van der Waals surface area contributed by atoms with Gasteiger partial charge < -0.3 is 24.9 Å². The minimum atomic E-state index is -0.728. The van der Waals surface area contributed by atoms with Crippen LogP contribution in [0.2, 0.25) is 0 Å². The van der Waals surface area contributed by atoms with Crippen LogP contribution in [0.3, 0.4) is 0 Å². The van der Waals surface area contributed by atoms with Crippen LogP contribution in [0.5, 0.6) is 5.75 Å².